The number of anilines is 1. The zero-order valence-electron chi connectivity index (χ0n) is 16.9. The second kappa shape index (κ2) is 8.71. The standard InChI is InChI=1S/C20H18F4N4O3S/c1-13-10-18(28(26-13)16-5-3-4-14(11-16)20(22,23)24)25-19(29)12-27(2)32(30,31)17-8-6-15(21)7-9-17/h3-11H,12H2,1-2H3,(H,25,29). The molecular formula is C20H18F4N4O3S. The fourth-order valence-electron chi connectivity index (χ4n) is 2.86. The molecule has 0 fully saturated rings. The first-order chi connectivity index (χ1) is 14.9. The third-order valence-electron chi connectivity index (χ3n) is 4.41. The summed E-state index contributed by atoms with van der Waals surface area (Å²) in [4.78, 5) is 12.3. The van der Waals surface area contributed by atoms with E-state index in [-0.39, 0.29) is 16.4 Å². The lowest BCUT2D eigenvalue weighted by Crippen LogP contribution is -2.35. The molecule has 0 bridgehead atoms. The number of nitrogens with one attached hydrogen (secondary N) is 1. The summed E-state index contributed by atoms with van der Waals surface area (Å²) in [6, 6.07) is 9.95. The van der Waals surface area contributed by atoms with Crippen LogP contribution in [0.2, 0.25) is 0 Å². The van der Waals surface area contributed by atoms with Gasteiger partial charge in [0.15, 0.2) is 0 Å². The number of aryl methyl sites for hydroxylation is 1. The molecule has 0 saturated carbocycles. The first kappa shape index (κ1) is 23.4. The van der Waals surface area contributed by atoms with Crippen LogP contribution in [-0.4, -0.2) is 42.0 Å². The minimum Gasteiger partial charge on any atom is -0.309 e. The van der Waals surface area contributed by atoms with Crippen LogP contribution >= 0.6 is 0 Å². The average molecular weight is 470 g/mol. The second-order valence-corrected chi connectivity index (χ2v) is 8.94. The molecule has 1 amide bonds. The molecule has 0 aliphatic carbocycles. The molecule has 0 aliphatic rings. The zero-order chi connectivity index (χ0) is 23.7. The van der Waals surface area contributed by atoms with E-state index >= 15 is 0 Å². The molecule has 0 radical (unpaired) electrons. The van der Waals surface area contributed by atoms with Gasteiger partial charge in [0.2, 0.25) is 15.9 Å². The molecule has 3 aromatic rings. The second-order valence-electron chi connectivity index (χ2n) is 6.89. The number of hydrogen-bond donors (Lipinski definition) is 1. The van der Waals surface area contributed by atoms with Crippen molar-refractivity contribution in [1.29, 1.82) is 0 Å². The third kappa shape index (κ3) is 5.14. The largest absolute Gasteiger partial charge is 0.416 e. The van der Waals surface area contributed by atoms with Crippen molar-refractivity contribution in [3.8, 4) is 5.69 Å². The number of amides is 1. The number of alkyl halides is 3. The van der Waals surface area contributed by atoms with Gasteiger partial charge in [0.05, 0.1) is 28.4 Å². The normalized spacial score (nSPS) is 12.2. The number of halogens is 4. The Balaban J connectivity index is 1.80. The SMILES string of the molecule is Cc1cc(NC(=O)CN(C)S(=O)(=O)c2ccc(F)cc2)n(-c2cccc(C(F)(F)F)c2)n1. The van der Waals surface area contributed by atoms with E-state index in [1.807, 2.05) is 0 Å². The van der Waals surface area contributed by atoms with Gasteiger partial charge < -0.3 is 5.32 Å². The lowest BCUT2D eigenvalue weighted by molar-refractivity contribution is -0.137. The molecule has 0 saturated heterocycles. The van der Waals surface area contributed by atoms with Crippen molar-refractivity contribution in [1.82, 2.24) is 14.1 Å². The van der Waals surface area contributed by atoms with Gasteiger partial charge in [0, 0.05) is 13.1 Å². The van der Waals surface area contributed by atoms with Gasteiger partial charge in [0.1, 0.15) is 11.6 Å². The minimum atomic E-state index is -4.56. The summed E-state index contributed by atoms with van der Waals surface area (Å²) in [6.07, 6.45) is -4.56. The Hall–Kier alpha value is -3.25. The van der Waals surface area contributed by atoms with Gasteiger partial charge in [-0.15, -0.1) is 0 Å². The summed E-state index contributed by atoms with van der Waals surface area (Å²) in [5.41, 5.74) is -0.397. The number of hydrogen-bond acceptors (Lipinski definition) is 4. The van der Waals surface area contributed by atoms with Gasteiger partial charge >= 0.3 is 6.18 Å². The lowest BCUT2D eigenvalue weighted by Gasteiger charge is -2.17. The Labute approximate surface area is 181 Å². The Morgan fingerprint density at radius 1 is 1.12 bits per heavy atom. The zero-order valence-corrected chi connectivity index (χ0v) is 17.7. The molecule has 2 aromatic carbocycles. The smallest absolute Gasteiger partial charge is 0.309 e. The quantitative estimate of drug-likeness (QED) is 0.558. The molecular weight excluding hydrogens is 452 g/mol. The molecule has 3 rings (SSSR count). The molecule has 1 aromatic heterocycles. The molecule has 7 nitrogen and oxygen atoms in total. The summed E-state index contributed by atoms with van der Waals surface area (Å²) in [5, 5.41) is 6.57. The molecule has 170 valence electrons. The van der Waals surface area contributed by atoms with Crippen molar-refractivity contribution < 1.29 is 30.8 Å². The number of carbonyl (C=O) groups is 1. The number of nitrogens with zero attached hydrogens (tertiary/aromatic N) is 3. The number of carbonyl (C=O) groups excluding carboxylic acids is 1. The monoisotopic (exact) mass is 470 g/mol. The van der Waals surface area contributed by atoms with E-state index in [9.17, 15) is 30.8 Å². The van der Waals surface area contributed by atoms with Gasteiger partial charge in [-0.2, -0.15) is 22.6 Å². The van der Waals surface area contributed by atoms with Crippen molar-refractivity contribution in [2.24, 2.45) is 0 Å². The number of rotatable bonds is 6. The van der Waals surface area contributed by atoms with Crippen LogP contribution in [0.15, 0.2) is 59.5 Å². The Bertz CT molecular complexity index is 1240. The van der Waals surface area contributed by atoms with Crippen LogP contribution in [-0.2, 0) is 21.0 Å². The third-order valence-corrected chi connectivity index (χ3v) is 6.22. The highest BCUT2D eigenvalue weighted by atomic mass is 32.2. The summed E-state index contributed by atoms with van der Waals surface area (Å²) >= 11 is 0. The van der Waals surface area contributed by atoms with E-state index < -0.39 is 40.0 Å². The fourth-order valence-corrected chi connectivity index (χ4v) is 3.98. The summed E-state index contributed by atoms with van der Waals surface area (Å²) in [6.45, 7) is 0.997. The maximum atomic E-state index is 13.1. The molecule has 0 unspecified atom stereocenters. The van der Waals surface area contributed by atoms with Gasteiger partial charge in [-0.3, -0.25) is 4.79 Å². The molecule has 12 heteroatoms. The van der Waals surface area contributed by atoms with E-state index in [2.05, 4.69) is 10.4 Å². The van der Waals surface area contributed by atoms with Crippen LogP contribution in [0.4, 0.5) is 23.4 Å². The van der Waals surface area contributed by atoms with Crippen LogP contribution in [0.3, 0.4) is 0 Å². The van der Waals surface area contributed by atoms with Gasteiger partial charge in [0.25, 0.3) is 0 Å². The van der Waals surface area contributed by atoms with Crippen LogP contribution < -0.4 is 5.32 Å². The van der Waals surface area contributed by atoms with Crippen LogP contribution in [0.5, 0.6) is 0 Å². The van der Waals surface area contributed by atoms with E-state index in [4.69, 9.17) is 0 Å². The highest BCUT2D eigenvalue weighted by molar-refractivity contribution is 7.89. The molecule has 1 heterocycles. The summed E-state index contributed by atoms with van der Waals surface area (Å²) in [5.74, 6) is -1.28. The summed E-state index contributed by atoms with van der Waals surface area (Å²) < 4.78 is 79.2. The fraction of sp³-hybridized carbons (Fsp3) is 0.200. The van der Waals surface area contributed by atoms with Crippen molar-refractivity contribution in [2.75, 3.05) is 18.9 Å². The molecule has 0 aliphatic heterocycles. The maximum absolute atomic E-state index is 13.1. The predicted molar refractivity (Wildman–Crippen MR) is 108 cm³/mol. The van der Waals surface area contributed by atoms with Gasteiger partial charge in [-0.05, 0) is 49.4 Å². The van der Waals surface area contributed by atoms with Gasteiger partial charge in [-0.1, -0.05) is 6.07 Å². The number of sulfonamides is 1. The van der Waals surface area contributed by atoms with Crippen molar-refractivity contribution in [3.05, 3.63) is 71.7 Å². The summed E-state index contributed by atoms with van der Waals surface area (Å²) in [7, 11) is -2.89. The van der Waals surface area contributed by atoms with E-state index in [0.29, 0.717) is 5.69 Å². The van der Waals surface area contributed by atoms with Crippen molar-refractivity contribution in [2.45, 2.75) is 18.0 Å². The first-order valence-corrected chi connectivity index (χ1v) is 10.6. The van der Waals surface area contributed by atoms with Crippen molar-refractivity contribution in [3.63, 3.8) is 0 Å². The number of aromatic nitrogens is 2. The Morgan fingerprint density at radius 2 is 1.78 bits per heavy atom. The topological polar surface area (TPSA) is 84.3 Å². The number of likely N-dealkylation sites (N-methyl/N-ethyl adjacent to an activating group) is 1. The van der Waals surface area contributed by atoms with Crippen molar-refractivity contribution >= 4 is 21.7 Å². The van der Waals surface area contributed by atoms with Gasteiger partial charge in [-0.25, -0.2) is 17.5 Å². The molecule has 0 spiro atoms. The Kier molecular flexibility index (Phi) is 6.37. The lowest BCUT2D eigenvalue weighted by atomic mass is 10.2. The van der Waals surface area contributed by atoms with Crippen LogP contribution in [0.25, 0.3) is 5.69 Å². The molecule has 0 atom stereocenters. The highest BCUT2D eigenvalue weighted by Crippen LogP contribution is 2.31. The van der Waals surface area contributed by atoms with E-state index in [1.54, 1.807) is 6.92 Å². The maximum Gasteiger partial charge on any atom is 0.416 e. The number of benzene rings is 2. The van der Waals surface area contributed by atoms with E-state index in [0.717, 1.165) is 45.4 Å². The Morgan fingerprint density at radius 3 is 2.41 bits per heavy atom. The van der Waals surface area contributed by atoms with Crippen LogP contribution in [0, 0.1) is 12.7 Å². The molecule has 1 N–H and O–H groups in total. The molecule has 32 heavy (non-hydrogen) atoms. The minimum absolute atomic E-state index is 0.0653. The predicted octanol–water partition coefficient (Wildman–Crippen LogP) is 3.60. The van der Waals surface area contributed by atoms with Crippen LogP contribution in [0.1, 0.15) is 11.3 Å². The first-order valence-electron chi connectivity index (χ1n) is 9.14. The van der Waals surface area contributed by atoms with E-state index in [1.165, 1.54) is 25.2 Å². The highest BCUT2D eigenvalue weighted by Gasteiger charge is 2.31. The average Bonchev–Trinajstić information content (AvgIpc) is 3.07.